The molecular formula is C14H21NO. The summed E-state index contributed by atoms with van der Waals surface area (Å²) < 4.78 is 5.48. The van der Waals surface area contributed by atoms with Crippen molar-refractivity contribution in [3.8, 4) is 0 Å². The van der Waals surface area contributed by atoms with Crippen LogP contribution in [0, 0.1) is 0 Å². The summed E-state index contributed by atoms with van der Waals surface area (Å²) in [5.74, 6) is 0.718. The van der Waals surface area contributed by atoms with Gasteiger partial charge in [-0.1, -0.05) is 24.3 Å². The molecule has 0 amide bonds. The average molecular weight is 219 g/mol. The van der Waals surface area contributed by atoms with Crippen LogP contribution in [0.15, 0.2) is 24.3 Å². The van der Waals surface area contributed by atoms with Gasteiger partial charge in [0.15, 0.2) is 0 Å². The average Bonchev–Trinajstić information content (AvgIpc) is 2.23. The molecule has 0 spiro atoms. The molecule has 1 aromatic rings. The minimum Gasteiger partial charge on any atom is -0.377 e. The SMILES string of the molecule is CC(C)OCCNCC1Cc2ccccc21. The smallest absolute Gasteiger partial charge is 0.0594 e. The maximum absolute atomic E-state index is 5.48. The van der Waals surface area contributed by atoms with Crippen LogP contribution < -0.4 is 5.32 Å². The molecule has 2 rings (SSSR count). The lowest BCUT2D eigenvalue weighted by atomic mass is 9.78. The number of benzene rings is 1. The Hall–Kier alpha value is -0.860. The van der Waals surface area contributed by atoms with Crippen molar-refractivity contribution in [1.82, 2.24) is 5.32 Å². The van der Waals surface area contributed by atoms with Gasteiger partial charge in [0.05, 0.1) is 12.7 Å². The molecular weight excluding hydrogens is 198 g/mol. The lowest BCUT2D eigenvalue weighted by Gasteiger charge is -2.30. The normalized spacial score (nSPS) is 18.3. The monoisotopic (exact) mass is 219 g/mol. The highest BCUT2D eigenvalue weighted by Gasteiger charge is 2.24. The first-order chi connectivity index (χ1) is 7.77. The molecule has 0 saturated carbocycles. The van der Waals surface area contributed by atoms with Gasteiger partial charge >= 0.3 is 0 Å². The van der Waals surface area contributed by atoms with Crippen LogP contribution in [0.1, 0.15) is 30.9 Å². The molecule has 2 heteroatoms. The third kappa shape index (κ3) is 2.83. The van der Waals surface area contributed by atoms with E-state index in [1.165, 1.54) is 17.5 Å². The zero-order chi connectivity index (χ0) is 11.4. The van der Waals surface area contributed by atoms with Crippen LogP contribution >= 0.6 is 0 Å². The molecule has 0 fully saturated rings. The van der Waals surface area contributed by atoms with Crippen LogP contribution in [-0.4, -0.2) is 25.8 Å². The molecule has 0 bridgehead atoms. The zero-order valence-corrected chi connectivity index (χ0v) is 10.2. The minimum atomic E-state index is 0.339. The molecule has 1 aliphatic carbocycles. The Morgan fingerprint density at radius 3 is 2.94 bits per heavy atom. The third-order valence-corrected chi connectivity index (χ3v) is 3.08. The van der Waals surface area contributed by atoms with Crippen molar-refractivity contribution in [3.63, 3.8) is 0 Å². The topological polar surface area (TPSA) is 21.3 Å². The number of ether oxygens (including phenoxy) is 1. The number of nitrogens with one attached hydrogen (secondary N) is 1. The molecule has 1 unspecified atom stereocenters. The number of rotatable bonds is 6. The van der Waals surface area contributed by atoms with E-state index in [4.69, 9.17) is 4.74 Å². The van der Waals surface area contributed by atoms with Gasteiger partial charge in [-0.3, -0.25) is 0 Å². The quantitative estimate of drug-likeness (QED) is 0.741. The minimum absolute atomic E-state index is 0.339. The Morgan fingerprint density at radius 1 is 1.38 bits per heavy atom. The lowest BCUT2D eigenvalue weighted by molar-refractivity contribution is 0.0806. The number of hydrogen-bond acceptors (Lipinski definition) is 2. The Balaban J connectivity index is 1.63. The summed E-state index contributed by atoms with van der Waals surface area (Å²) in [5, 5.41) is 3.46. The van der Waals surface area contributed by atoms with E-state index < -0.39 is 0 Å². The molecule has 0 heterocycles. The van der Waals surface area contributed by atoms with Gasteiger partial charge in [0.25, 0.3) is 0 Å². The van der Waals surface area contributed by atoms with Gasteiger partial charge < -0.3 is 10.1 Å². The first-order valence-electron chi connectivity index (χ1n) is 6.17. The summed E-state index contributed by atoms with van der Waals surface area (Å²) in [6.45, 7) is 6.99. The number of hydrogen-bond donors (Lipinski definition) is 1. The van der Waals surface area contributed by atoms with Gasteiger partial charge in [0.2, 0.25) is 0 Å². The fraction of sp³-hybridized carbons (Fsp3) is 0.571. The van der Waals surface area contributed by atoms with Crippen molar-refractivity contribution in [2.75, 3.05) is 19.7 Å². The van der Waals surface area contributed by atoms with E-state index in [1.54, 1.807) is 0 Å². The highest BCUT2D eigenvalue weighted by molar-refractivity contribution is 5.40. The predicted molar refractivity (Wildman–Crippen MR) is 66.8 cm³/mol. The first-order valence-corrected chi connectivity index (χ1v) is 6.17. The second kappa shape index (κ2) is 5.46. The summed E-state index contributed by atoms with van der Waals surface area (Å²) in [7, 11) is 0. The molecule has 0 radical (unpaired) electrons. The number of fused-ring (bicyclic) bond motifs is 1. The van der Waals surface area contributed by atoms with Crippen molar-refractivity contribution in [3.05, 3.63) is 35.4 Å². The van der Waals surface area contributed by atoms with E-state index in [0.29, 0.717) is 6.10 Å². The van der Waals surface area contributed by atoms with Crippen LogP contribution in [0.4, 0.5) is 0 Å². The standard InChI is InChI=1S/C14H21NO/c1-11(2)16-8-7-15-10-13-9-12-5-3-4-6-14(12)13/h3-6,11,13,15H,7-10H2,1-2H3. The van der Waals surface area contributed by atoms with E-state index in [2.05, 4.69) is 43.4 Å². The van der Waals surface area contributed by atoms with Crippen LogP contribution in [-0.2, 0) is 11.2 Å². The van der Waals surface area contributed by atoms with Gasteiger partial charge in [-0.2, -0.15) is 0 Å². The molecule has 2 nitrogen and oxygen atoms in total. The van der Waals surface area contributed by atoms with E-state index in [-0.39, 0.29) is 0 Å². The predicted octanol–water partition coefficient (Wildman–Crippen LogP) is 2.34. The summed E-state index contributed by atoms with van der Waals surface area (Å²) in [6.07, 6.45) is 1.57. The van der Waals surface area contributed by atoms with Crippen LogP contribution in [0.2, 0.25) is 0 Å². The van der Waals surface area contributed by atoms with Gasteiger partial charge in [0.1, 0.15) is 0 Å². The van der Waals surface area contributed by atoms with Gasteiger partial charge in [-0.05, 0) is 31.4 Å². The lowest BCUT2D eigenvalue weighted by Crippen LogP contribution is -2.31. The fourth-order valence-electron chi connectivity index (χ4n) is 2.19. The van der Waals surface area contributed by atoms with Crippen LogP contribution in [0.5, 0.6) is 0 Å². The molecule has 0 saturated heterocycles. The van der Waals surface area contributed by atoms with E-state index in [0.717, 1.165) is 25.6 Å². The van der Waals surface area contributed by atoms with Gasteiger partial charge in [-0.15, -0.1) is 0 Å². The van der Waals surface area contributed by atoms with E-state index in [9.17, 15) is 0 Å². The third-order valence-electron chi connectivity index (χ3n) is 3.08. The molecule has 88 valence electrons. The van der Waals surface area contributed by atoms with Crippen molar-refractivity contribution < 1.29 is 4.74 Å². The fourth-order valence-corrected chi connectivity index (χ4v) is 2.19. The highest BCUT2D eigenvalue weighted by Crippen LogP contribution is 2.33. The Labute approximate surface area is 98.0 Å². The van der Waals surface area contributed by atoms with Crippen molar-refractivity contribution in [1.29, 1.82) is 0 Å². The molecule has 0 aromatic heterocycles. The molecule has 0 aliphatic heterocycles. The summed E-state index contributed by atoms with van der Waals surface area (Å²) in [5.41, 5.74) is 3.05. The largest absolute Gasteiger partial charge is 0.377 e. The highest BCUT2D eigenvalue weighted by atomic mass is 16.5. The maximum Gasteiger partial charge on any atom is 0.0594 e. The Morgan fingerprint density at radius 2 is 2.19 bits per heavy atom. The van der Waals surface area contributed by atoms with Crippen LogP contribution in [0.3, 0.4) is 0 Å². The summed E-state index contributed by atoms with van der Waals surface area (Å²) in [6, 6.07) is 8.73. The Kier molecular flexibility index (Phi) is 3.97. The molecule has 1 N–H and O–H groups in total. The van der Waals surface area contributed by atoms with Crippen LogP contribution in [0.25, 0.3) is 0 Å². The van der Waals surface area contributed by atoms with E-state index >= 15 is 0 Å². The summed E-state index contributed by atoms with van der Waals surface area (Å²) >= 11 is 0. The zero-order valence-electron chi connectivity index (χ0n) is 10.2. The van der Waals surface area contributed by atoms with Crippen molar-refractivity contribution in [2.45, 2.75) is 32.3 Å². The van der Waals surface area contributed by atoms with E-state index in [1.807, 2.05) is 0 Å². The van der Waals surface area contributed by atoms with Gasteiger partial charge in [0, 0.05) is 19.0 Å². The molecule has 1 atom stereocenters. The molecule has 1 aliphatic rings. The first kappa shape index (κ1) is 11.6. The molecule has 1 aromatic carbocycles. The maximum atomic E-state index is 5.48. The molecule has 16 heavy (non-hydrogen) atoms. The second-order valence-corrected chi connectivity index (χ2v) is 4.72. The van der Waals surface area contributed by atoms with Gasteiger partial charge in [-0.25, -0.2) is 0 Å². The second-order valence-electron chi connectivity index (χ2n) is 4.72. The Bertz CT molecular complexity index is 335. The van der Waals surface area contributed by atoms with Crippen molar-refractivity contribution >= 4 is 0 Å². The summed E-state index contributed by atoms with van der Waals surface area (Å²) in [4.78, 5) is 0. The van der Waals surface area contributed by atoms with Crippen molar-refractivity contribution in [2.24, 2.45) is 0 Å².